The Bertz CT molecular complexity index is 530. The SMILES string of the molecule is COC(=O)C1CCC(=O)C(c2ccccc2OC(F)F)C1. The van der Waals surface area contributed by atoms with Crippen LogP contribution < -0.4 is 4.74 Å². The first kappa shape index (κ1) is 15.4. The minimum absolute atomic E-state index is 0.0173. The van der Waals surface area contributed by atoms with Crippen molar-refractivity contribution < 1.29 is 27.8 Å². The van der Waals surface area contributed by atoms with E-state index in [1.165, 1.54) is 13.2 Å². The number of ether oxygens (including phenoxy) is 2. The van der Waals surface area contributed by atoms with Gasteiger partial charge in [0.05, 0.1) is 13.0 Å². The van der Waals surface area contributed by atoms with Crippen molar-refractivity contribution in [2.45, 2.75) is 31.8 Å². The average molecular weight is 298 g/mol. The van der Waals surface area contributed by atoms with Gasteiger partial charge in [0.25, 0.3) is 0 Å². The number of para-hydroxylation sites is 1. The number of benzene rings is 1. The van der Waals surface area contributed by atoms with Gasteiger partial charge in [-0.2, -0.15) is 8.78 Å². The molecule has 0 radical (unpaired) electrons. The van der Waals surface area contributed by atoms with Gasteiger partial charge in [-0.25, -0.2) is 0 Å². The molecule has 2 atom stereocenters. The highest BCUT2D eigenvalue weighted by Gasteiger charge is 2.35. The Hall–Kier alpha value is -1.98. The van der Waals surface area contributed by atoms with Crippen LogP contribution in [-0.2, 0) is 14.3 Å². The summed E-state index contributed by atoms with van der Waals surface area (Å²) in [6, 6.07) is 6.20. The maximum Gasteiger partial charge on any atom is 0.387 e. The molecular formula is C15H16F2O4. The maximum absolute atomic E-state index is 12.4. The molecule has 1 aromatic rings. The molecule has 2 unspecified atom stereocenters. The van der Waals surface area contributed by atoms with E-state index >= 15 is 0 Å². The molecule has 0 heterocycles. The molecule has 2 rings (SSSR count). The quantitative estimate of drug-likeness (QED) is 0.802. The summed E-state index contributed by atoms with van der Waals surface area (Å²) in [4.78, 5) is 23.7. The fourth-order valence-corrected chi connectivity index (χ4v) is 2.68. The lowest BCUT2D eigenvalue weighted by molar-refractivity contribution is -0.147. The zero-order valence-electron chi connectivity index (χ0n) is 11.6. The summed E-state index contributed by atoms with van der Waals surface area (Å²) >= 11 is 0. The predicted molar refractivity (Wildman–Crippen MR) is 70.2 cm³/mol. The number of hydrogen-bond donors (Lipinski definition) is 0. The Balaban J connectivity index is 2.26. The Morgan fingerprint density at radius 3 is 2.71 bits per heavy atom. The van der Waals surface area contributed by atoms with Gasteiger partial charge in [-0.15, -0.1) is 0 Å². The first-order valence-corrected chi connectivity index (χ1v) is 6.67. The van der Waals surface area contributed by atoms with Crippen LogP contribution in [0.15, 0.2) is 24.3 Å². The van der Waals surface area contributed by atoms with Gasteiger partial charge in [-0.1, -0.05) is 18.2 Å². The van der Waals surface area contributed by atoms with Gasteiger partial charge in [0.15, 0.2) is 0 Å². The number of rotatable bonds is 4. The average Bonchev–Trinajstić information content (AvgIpc) is 2.47. The largest absolute Gasteiger partial charge is 0.469 e. The van der Waals surface area contributed by atoms with Crippen LogP contribution in [-0.4, -0.2) is 25.5 Å². The van der Waals surface area contributed by atoms with Gasteiger partial charge in [0.1, 0.15) is 11.5 Å². The van der Waals surface area contributed by atoms with Crippen LogP contribution >= 0.6 is 0 Å². The lowest BCUT2D eigenvalue weighted by atomic mass is 9.77. The van der Waals surface area contributed by atoms with Gasteiger partial charge in [-0.05, 0) is 18.9 Å². The van der Waals surface area contributed by atoms with Gasteiger partial charge in [0.2, 0.25) is 0 Å². The van der Waals surface area contributed by atoms with Crippen LogP contribution in [0.1, 0.15) is 30.7 Å². The normalized spacial score (nSPS) is 22.2. The van der Waals surface area contributed by atoms with Crippen molar-refractivity contribution in [2.24, 2.45) is 5.92 Å². The second-order valence-electron chi connectivity index (χ2n) is 4.93. The standard InChI is InChI=1S/C15H16F2O4/c1-20-14(19)9-6-7-12(18)11(8-9)10-4-2-3-5-13(10)21-15(16)17/h2-5,9,11,15H,6-8H2,1H3. The number of halogens is 2. The zero-order valence-corrected chi connectivity index (χ0v) is 11.6. The Labute approximate surface area is 121 Å². The van der Waals surface area contributed by atoms with E-state index in [2.05, 4.69) is 4.74 Å². The molecule has 0 N–H and O–H groups in total. The monoisotopic (exact) mass is 298 g/mol. The number of carbonyl (C=O) groups excluding carboxylic acids is 2. The molecule has 0 saturated heterocycles. The first-order valence-electron chi connectivity index (χ1n) is 6.67. The summed E-state index contributed by atoms with van der Waals surface area (Å²) in [5, 5.41) is 0. The van der Waals surface area contributed by atoms with Gasteiger partial charge >= 0.3 is 12.6 Å². The summed E-state index contributed by atoms with van der Waals surface area (Å²) in [6.07, 6.45) is 0.919. The number of methoxy groups -OCH3 is 1. The molecule has 1 fully saturated rings. The molecule has 0 bridgehead atoms. The van der Waals surface area contributed by atoms with E-state index in [0.29, 0.717) is 12.0 Å². The third-order valence-corrected chi connectivity index (χ3v) is 3.69. The maximum atomic E-state index is 12.4. The molecule has 0 amide bonds. The van der Waals surface area contributed by atoms with Crippen LogP contribution in [0.25, 0.3) is 0 Å². The highest BCUT2D eigenvalue weighted by molar-refractivity contribution is 5.89. The highest BCUT2D eigenvalue weighted by Crippen LogP contribution is 2.38. The fourth-order valence-electron chi connectivity index (χ4n) is 2.68. The molecule has 4 nitrogen and oxygen atoms in total. The molecular weight excluding hydrogens is 282 g/mol. The molecule has 0 spiro atoms. The molecule has 6 heteroatoms. The molecule has 1 aliphatic carbocycles. The van der Waals surface area contributed by atoms with E-state index in [1.807, 2.05) is 0 Å². The number of alkyl halides is 2. The van der Waals surface area contributed by atoms with Crippen molar-refractivity contribution >= 4 is 11.8 Å². The Morgan fingerprint density at radius 1 is 1.33 bits per heavy atom. The number of ketones is 1. The van der Waals surface area contributed by atoms with E-state index in [0.717, 1.165) is 0 Å². The zero-order chi connectivity index (χ0) is 15.4. The number of Topliss-reactive ketones (excluding diaryl/α,β-unsaturated/α-hetero) is 1. The van der Waals surface area contributed by atoms with Gasteiger partial charge in [-0.3, -0.25) is 9.59 Å². The van der Waals surface area contributed by atoms with E-state index in [-0.39, 0.29) is 30.3 Å². The fraction of sp³-hybridized carbons (Fsp3) is 0.467. The number of carbonyl (C=O) groups is 2. The molecule has 21 heavy (non-hydrogen) atoms. The van der Waals surface area contributed by atoms with E-state index in [1.54, 1.807) is 18.2 Å². The molecule has 0 aromatic heterocycles. The summed E-state index contributed by atoms with van der Waals surface area (Å²) in [5.74, 6) is -1.47. The van der Waals surface area contributed by atoms with Crippen LogP contribution in [0, 0.1) is 5.92 Å². The molecule has 1 aliphatic rings. The molecule has 1 saturated carbocycles. The third kappa shape index (κ3) is 3.56. The third-order valence-electron chi connectivity index (χ3n) is 3.69. The Morgan fingerprint density at radius 2 is 2.05 bits per heavy atom. The molecule has 114 valence electrons. The van der Waals surface area contributed by atoms with E-state index in [9.17, 15) is 18.4 Å². The summed E-state index contributed by atoms with van der Waals surface area (Å²) in [7, 11) is 1.29. The smallest absolute Gasteiger partial charge is 0.387 e. The molecule has 1 aromatic carbocycles. The first-order chi connectivity index (χ1) is 10.0. The van der Waals surface area contributed by atoms with Crippen LogP contribution in [0.3, 0.4) is 0 Å². The van der Waals surface area contributed by atoms with Gasteiger partial charge < -0.3 is 9.47 Å². The van der Waals surface area contributed by atoms with Crippen molar-refractivity contribution in [3.8, 4) is 5.75 Å². The van der Waals surface area contributed by atoms with E-state index in [4.69, 9.17) is 4.74 Å². The van der Waals surface area contributed by atoms with Crippen molar-refractivity contribution in [3.63, 3.8) is 0 Å². The minimum Gasteiger partial charge on any atom is -0.469 e. The number of hydrogen-bond acceptors (Lipinski definition) is 4. The summed E-state index contributed by atoms with van der Waals surface area (Å²) in [6.45, 7) is -2.96. The lowest BCUT2D eigenvalue weighted by Gasteiger charge is -2.27. The predicted octanol–water partition coefficient (Wildman–Crippen LogP) is 2.91. The van der Waals surface area contributed by atoms with Crippen LogP contribution in [0.2, 0.25) is 0 Å². The van der Waals surface area contributed by atoms with Crippen molar-refractivity contribution in [2.75, 3.05) is 7.11 Å². The topological polar surface area (TPSA) is 52.6 Å². The van der Waals surface area contributed by atoms with Crippen molar-refractivity contribution in [3.05, 3.63) is 29.8 Å². The van der Waals surface area contributed by atoms with Crippen LogP contribution in [0.5, 0.6) is 5.75 Å². The van der Waals surface area contributed by atoms with Crippen LogP contribution in [0.4, 0.5) is 8.78 Å². The highest BCUT2D eigenvalue weighted by atomic mass is 19.3. The summed E-state index contributed by atoms with van der Waals surface area (Å²) < 4.78 is 34.1. The summed E-state index contributed by atoms with van der Waals surface area (Å²) in [5.41, 5.74) is 0.399. The molecule has 0 aliphatic heterocycles. The minimum atomic E-state index is -2.96. The van der Waals surface area contributed by atoms with Crippen molar-refractivity contribution in [1.29, 1.82) is 0 Å². The van der Waals surface area contributed by atoms with Gasteiger partial charge in [0, 0.05) is 17.9 Å². The van der Waals surface area contributed by atoms with Crippen molar-refractivity contribution in [1.82, 2.24) is 0 Å². The Kier molecular flexibility index (Phi) is 4.88. The second kappa shape index (κ2) is 6.65. The second-order valence-corrected chi connectivity index (χ2v) is 4.93. The van der Waals surface area contributed by atoms with E-state index < -0.39 is 18.4 Å². The lowest BCUT2D eigenvalue weighted by Crippen LogP contribution is -2.29. The number of esters is 1.